The molecular formula is C24H29BrN2O4S. The summed E-state index contributed by atoms with van der Waals surface area (Å²) in [6.45, 7) is 4.55. The first-order valence-corrected chi connectivity index (χ1v) is 12.3. The number of hydrogen-bond donors (Lipinski definition) is 1. The van der Waals surface area contributed by atoms with Gasteiger partial charge in [-0.05, 0) is 62.1 Å². The lowest BCUT2D eigenvalue weighted by Gasteiger charge is -2.15. The summed E-state index contributed by atoms with van der Waals surface area (Å²) >= 11 is 5.07. The van der Waals surface area contributed by atoms with Crippen LogP contribution in [0, 0.1) is 0 Å². The van der Waals surface area contributed by atoms with E-state index in [2.05, 4.69) is 15.9 Å². The Bertz CT molecular complexity index is 1100. The van der Waals surface area contributed by atoms with E-state index in [4.69, 9.17) is 9.47 Å². The van der Waals surface area contributed by atoms with E-state index in [0.29, 0.717) is 27.9 Å². The van der Waals surface area contributed by atoms with Gasteiger partial charge < -0.3 is 24.0 Å². The first-order chi connectivity index (χ1) is 15.2. The predicted molar refractivity (Wildman–Crippen MR) is 133 cm³/mol. The Labute approximate surface area is 201 Å². The SMILES string of the molecule is CCOC(=O)c1c(CSC(C)Oc2ccccc2)n(C)c2cc(Br)c(O)c(CN(C)C)c12. The van der Waals surface area contributed by atoms with Crippen LogP contribution in [-0.2, 0) is 24.1 Å². The van der Waals surface area contributed by atoms with Crippen molar-refractivity contribution in [1.82, 2.24) is 9.47 Å². The fraction of sp³-hybridized carbons (Fsp3) is 0.375. The zero-order valence-corrected chi connectivity index (χ0v) is 21.4. The molecule has 3 rings (SSSR count). The average molecular weight is 521 g/mol. The van der Waals surface area contributed by atoms with Crippen LogP contribution in [0.1, 0.15) is 35.5 Å². The summed E-state index contributed by atoms with van der Waals surface area (Å²) in [5, 5.41) is 11.5. The summed E-state index contributed by atoms with van der Waals surface area (Å²) in [5.74, 6) is 1.11. The number of halogens is 1. The van der Waals surface area contributed by atoms with Crippen molar-refractivity contribution in [3.63, 3.8) is 0 Å². The van der Waals surface area contributed by atoms with Gasteiger partial charge in [0, 0.05) is 36.0 Å². The Kier molecular flexibility index (Phi) is 8.14. The van der Waals surface area contributed by atoms with Crippen molar-refractivity contribution in [3.05, 3.63) is 57.7 Å². The van der Waals surface area contributed by atoms with Crippen LogP contribution in [0.2, 0.25) is 0 Å². The van der Waals surface area contributed by atoms with Gasteiger partial charge >= 0.3 is 5.97 Å². The van der Waals surface area contributed by atoms with Crippen molar-refractivity contribution < 1.29 is 19.4 Å². The summed E-state index contributed by atoms with van der Waals surface area (Å²) in [7, 11) is 5.80. The summed E-state index contributed by atoms with van der Waals surface area (Å²) in [6.07, 6.45) is 0. The molecule has 1 heterocycles. The monoisotopic (exact) mass is 520 g/mol. The van der Waals surface area contributed by atoms with Crippen molar-refractivity contribution in [3.8, 4) is 11.5 Å². The number of fused-ring (bicyclic) bond motifs is 1. The Morgan fingerprint density at radius 3 is 2.59 bits per heavy atom. The van der Waals surface area contributed by atoms with Gasteiger partial charge in [-0.15, -0.1) is 11.8 Å². The second-order valence-electron chi connectivity index (χ2n) is 7.73. The molecule has 1 atom stereocenters. The highest BCUT2D eigenvalue weighted by Gasteiger charge is 2.27. The van der Waals surface area contributed by atoms with E-state index in [1.165, 1.54) is 0 Å². The Morgan fingerprint density at radius 2 is 1.97 bits per heavy atom. The number of nitrogens with zero attached hydrogens (tertiary/aromatic N) is 2. The Balaban J connectivity index is 2.05. The largest absolute Gasteiger partial charge is 0.506 e. The quantitative estimate of drug-likeness (QED) is 0.295. The zero-order valence-electron chi connectivity index (χ0n) is 19.0. The number of esters is 1. The summed E-state index contributed by atoms with van der Waals surface area (Å²) in [4.78, 5) is 15.0. The van der Waals surface area contributed by atoms with Crippen molar-refractivity contribution in [2.75, 3.05) is 20.7 Å². The number of thioether (sulfide) groups is 1. The van der Waals surface area contributed by atoms with Gasteiger partial charge in [0.2, 0.25) is 0 Å². The highest BCUT2D eigenvalue weighted by atomic mass is 79.9. The number of para-hydroxylation sites is 1. The number of ether oxygens (including phenoxy) is 2. The number of aryl methyl sites for hydroxylation is 1. The molecule has 2 aromatic carbocycles. The molecule has 172 valence electrons. The van der Waals surface area contributed by atoms with Crippen molar-refractivity contribution in [2.24, 2.45) is 7.05 Å². The second-order valence-corrected chi connectivity index (χ2v) is 9.87. The number of phenolic OH excluding ortho intramolecular Hbond substituents is 1. The fourth-order valence-electron chi connectivity index (χ4n) is 3.66. The number of phenols is 1. The van der Waals surface area contributed by atoms with Crippen LogP contribution in [0.4, 0.5) is 0 Å². The number of aromatic nitrogens is 1. The van der Waals surface area contributed by atoms with E-state index in [0.717, 1.165) is 22.3 Å². The molecule has 0 aliphatic heterocycles. The van der Waals surface area contributed by atoms with Gasteiger partial charge in [-0.25, -0.2) is 4.79 Å². The van der Waals surface area contributed by atoms with E-state index in [9.17, 15) is 9.90 Å². The lowest BCUT2D eigenvalue weighted by atomic mass is 10.0. The number of benzene rings is 2. The van der Waals surface area contributed by atoms with Gasteiger partial charge in [-0.3, -0.25) is 0 Å². The predicted octanol–water partition coefficient (Wildman–Crippen LogP) is 5.54. The van der Waals surface area contributed by atoms with Gasteiger partial charge in [0.25, 0.3) is 0 Å². The third kappa shape index (κ3) is 5.24. The lowest BCUT2D eigenvalue weighted by Crippen LogP contribution is -2.13. The molecule has 32 heavy (non-hydrogen) atoms. The Hall–Kier alpha value is -2.16. The molecule has 8 heteroatoms. The highest BCUT2D eigenvalue weighted by molar-refractivity contribution is 9.10. The third-order valence-electron chi connectivity index (χ3n) is 5.09. The molecule has 0 aliphatic rings. The number of hydrogen-bond acceptors (Lipinski definition) is 6. The van der Waals surface area contributed by atoms with E-state index in [-0.39, 0.29) is 23.8 Å². The highest BCUT2D eigenvalue weighted by Crippen LogP contribution is 2.40. The van der Waals surface area contributed by atoms with Gasteiger partial charge in [-0.1, -0.05) is 18.2 Å². The van der Waals surface area contributed by atoms with Gasteiger partial charge in [0.1, 0.15) is 16.9 Å². The molecule has 0 spiro atoms. The number of carbonyl (C=O) groups excluding carboxylic acids is 1. The lowest BCUT2D eigenvalue weighted by molar-refractivity contribution is 0.0527. The fourth-order valence-corrected chi connectivity index (χ4v) is 5.03. The summed E-state index contributed by atoms with van der Waals surface area (Å²) in [6, 6.07) is 11.5. The molecule has 6 nitrogen and oxygen atoms in total. The molecule has 0 radical (unpaired) electrons. The van der Waals surface area contributed by atoms with E-state index in [1.807, 2.05) is 73.9 Å². The molecule has 0 aliphatic carbocycles. The first kappa shape index (κ1) is 24.5. The van der Waals surface area contributed by atoms with Crippen LogP contribution in [0.3, 0.4) is 0 Å². The van der Waals surface area contributed by atoms with Crippen molar-refractivity contribution in [2.45, 2.75) is 31.6 Å². The first-order valence-electron chi connectivity index (χ1n) is 10.4. The maximum atomic E-state index is 13.1. The molecule has 1 N–H and O–H groups in total. The Morgan fingerprint density at radius 1 is 1.28 bits per heavy atom. The van der Waals surface area contributed by atoms with E-state index in [1.54, 1.807) is 18.7 Å². The van der Waals surface area contributed by atoms with Crippen LogP contribution >= 0.6 is 27.7 Å². The summed E-state index contributed by atoms with van der Waals surface area (Å²) in [5.41, 5.74) is 2.78. The minimum Gasteiger partial charge on any atom is -0.506 e. The van der Waals surface area contributed by atoms with E-state index >= 15 is 0 Å². The van der Waals surface area contributed by atoms with Gasteiger partial charge in [0.15, 0.2) is 0 Å². The van der Waals surface area contributed by atoms with Crippen LogP contribution in [0.15, 0.2) is 40.9 Å². The molecule has 0 amide bonds. The van der Waals surface area contributed by atoms with Gasteiger partial charge in [-0.2, -0.15) is 0 Å². The topological polar surface area (TPSA) is 63.9 Å². The van der Waals surface area contributed by atoms with Crippen molar-refractivity contribution in [1.29, 1.82) is 0 Å². The minimum atomic E-state index is -0.382. The average Bonchev–Trinajstić information content (AvgIpc) is 3.02. The van der Waals surface area contributed by atoms with Crippen LogP contribution < -0.4 is 4.74 Å². The van der Waals surface area contributed by atoms with Crippen LogP contribution in [0.5, 0.6) is 11.5 Å². The molecule has 0 bridgehead atoms. The van der Waals surface area contributed by atoms with Gasteiger partial charge in [0.05, 0.1) is 22.2 Å². The third-order valence-corrected chi connectivity index (χ3v) is 6.70. The smallest absolute Gasteiger partial charge is 0.340 e. The molecule has 0 saturated heterocycles. The maximum Gasteiger partial charge on any atom is 0.340 e. The summed E-state index contributed by atoms with van der Waals surface area (Å²) < 4.78 is 14.0. The normalized spacial score (nSPS) is 12.3. The molecule has 0 fully saturated rings. The minimum absolute atomic E-state index is 0.119. The molecular weight excluding hydrogens is 492 g/mol. The van der Waals surface area contributed by atoms with E-state index < -0.39 is 0 Å². The maximum absolute atomic E-state index is 13.1. The molecule has 0 saturated carbocycles. The molecule has 3 aromatic rings. The molecule has 1 aromatic heterocycles. The zero-order chi connectivity index (χ0) is 23.4. The number of aromatic hydroxyl groups is 1. The number of carbonyl (C=O) groups is 1. The van der Waals surface area contributed by atoms with Crippen molar-refractivity contribution >= 4 is 44.6 Å². The number of rotatable bonds is 9. The van der Waals surface area contributed by atoms with Crippen LogP contribution in [0.25, 0.3) is 10.9 Å². The standard InChI is InChI=1S/C24H29BrN2O4S/c1-6-30-24(29)22-20(14-32-15(2)31-16-10-8-7-9-11-16)27(5)19-12-18(25)23(28)17(21(19)22)13-26(3)4/h7-12,15,28H,6,13-14H2,1-5H3. The second kappa shape index (κ2) is 10.6. The van der Waals surface area contributed by atoms with Crippen LogP contribution in [-0.4, -0.2) is 46.7 Å². The molecule has 1 unspecified atom stereocenters.